The fourth-order valence-corrected chi connectivity index (χ4v) is 1.79. The van der Waals surface area contributed by atoms with E-state index in [-0.39, 0.29) is 24.6 Å². The first-order valence-electron chi connectivity index (χ1n) is 4.53. The Hall–Kier alpha value is -0.150. The predicted octanol–water partition coefficient (Wildman–Crippen LogP) is 3.28. The Morgan fingerprint density at radius 3 is 2.53 bits per heavy atom. The molecule has 2 rings (SSSR count). The smallest absolute Gasteiger partial charge is 0.139 e. The van der Waals surface area contributed by atoms with Crippen molar-refractivity contribution in [1.29, 1.82) is 0 Å². The number of ether oxygens (including phenoxy) is 1. The van der Waals surface area contributed by atoms with E-state index < -0.39 is 0 Å². The molecule has 0 saturated heterocycles. The molecule has 2 N–H and O–H groups in total. The number of benzene rings is 1. The molecule has 1 aliphatic carbocycles. The topological polar surface area (TPSA) is 35.2 Å². The van der Waals surface area contributed by atoms with E-state index in [9.17, 15) is 0 Å². The third-order valence-corrected chi connectivity index (χ3v) is 3.14. The molecule has 0 unspecified atom stereocenters. The maximum Gasteiger partial charge on any atom is 0.139 e. The molecule has 0 atom stereocenters. The molecule has 0 aliphatic heterocycles. The molecule has 0 aromatic heterocycles. The highest BCUT2D eigenvalue weighted by molar-refractivity contribution is 6.42. The zero-order chi connectivity index (χ0) is 10.1. The lowest BCUT2D eigenvalue weighted by molar-refractivity contribution is 0.101. The van der Waals surface area contributed by atoms with Gasteiger partial charge in [-0.1, -0.05) is 29.3 Å². The van der Waals surface area contributed by atoms with Crippen molar-refractivity contribution in [3.8, 4) is 5.75 Å². The van der Waals surface area contributed by atoms with Gasteiger partial charge < -0.3 is 10.5 Å². The molecule has 15 heavy (non-hydrogen) atoms. The molecular weight excluding hydrogens is 256 g/mol. The number of hydrogen-bond acceptors (Lipinski definition) is 2. The molecule has 84 valence electrons. The van der Waals surface area contributed by atoms with Crippen molar-refractivity contribution in [2.75, 3.05) is 0 Å². The van der Waals surface area contributed by atoms with Gasteiger partial charge >= 0.3 is 0 Å². The van der Waals surface area contributed by atoms with Gasteiger partial charge in [0, 0.05) is 6.04 Å². The van der Waals surface area contributed by atoms with Gasteiger partial charge in [0.2, 0.25) is 0 Å². The van der Waals surface area contributed by atoms with Gasteiger partial charge in [0.25, 0.3) is 0 Å². The van der Waals surface area contributed by atoms with Crippen LogP contribution in [0.5, 0.6) is 5.75 Å². The van der Waals surface area contributed by atoms with E-state index in [1.165, 1.54) is 0 Å². The molecular formula is C10H12Cl3NO. The van der Waals surface area contributed by atoms with Crippen LogP contribution < -0.4 is 10.5 Å². The van der Waals surface area contributed by atoms with E-state index in [4.69, 9.17) is 33.7 Å². The minimum atomic E-state index is 0. The number of halogens is 3. The zero-order valence-electron chi connectivity index (χ0n) is 7.95. The van der Waals surface area contributed by atoms with Crippen LogP contribution in [-0.4, -0.2) is 12.1 Å². The van der Waals surface area contributed by atoms with Gasteiger partial charge in [0.15, 0.2) is 0 Å². The van der Waals surface area contributed by atoms with Gasteiger partial charge in [0.05, 0.1) is 5.02 Å². The molecule has 0 spiro atoms. The average Bonchev–Trinajstić information content (AvgIpc) is 2.10. The lowest BCUT2D eigenvalue weighted by Crippen LogP contribution is -2.43. The normalized spacial score (nSPS) is 23.9. The summed E-state index contributed by atoms with van der Waals surface area (Å²) >= 11 is 11.8. The first-order valence-corrected chi connectivity index (χ1v) is 5.28. The van der Waals surface area contributed by atoms with E-state index in [1.807, 2.05) is 12.1 Å². The summed E-state index contributed by atoms with van der Waals surface area (Å²) in [6.07, 6.45) is 1.98. The van der Waals surface area contributed by atoms with Crippen LogP contribution in [0.4, 0.5) is 0 Å². The van der Waals surface area contributed by atoms with E-state index >= 15 is 0 Å². The van der Waals surface area contributed by atoms with Crippen LogP contribution in [0, 0.1) is 0 Å². The summed E-state index contributed by atoms with van der Waals surface area (Å²) in [5.74, 6) is 0.649. The summed E-state index contributed by atoms with van der Waals surface area (Å²) in [6.45, 7) is 0. The van der Waals surface area contributed by atoms with Crippen molar-refractivity contribution >= 4 is 35.6 Å². The number of nitrogens with two attached hydrogens (primary N) is 1. The number of hydrogen-bond donors (Lipinski definition) is 1. The maximum atomic E-state index is 5.97. The van der Waals surface area contributed by atoms with Gasteiger partial charge in [-0.15, -0.1) is 12.4 Å². The van der Waals surface area contributed by atoms with Crippen LogP contribution in [0.3, 0.4) is 0 Å². The fraction of sp³-hybridized carbons (Fsp3) is 0.400. The molecule has 0 radical (unpaired) electrons. The van der Waals surface area contributed by atoms with E-state index in [1.54, 1.807) is 6.07 Å². The standard InChI is InChI=1S/C10H11Cl2NO.ClH/c11-8-2-1-3-9(10(8)12)14-7-4-6(13)5-7;/h1-3,6-7H,4-5,13H2;1H/t6-,7-;. The molecule has 1 saturated carbocycles. The maximum absolute atomic E-state index is 5.97. The van der Waals surface area contributed by atoms with E-state index in [2.05, 4.69) is 0 Å². The Kier molecular flexibility index (Phi) is 4.53. The molecule has 0 bridgehead atoms. The first-order chi connectivity index (χ1) is 6.66. The van der Waals surface area contributed by atoms with Crippen molar-refractivity contribution < 1.29 is 4.74 Å². The Labute approximate surface area is 105 Å². The third kappa shape index (κ3) is 2.91. The van der Waals surface area contributed by atoms with Crippen molar-refractivity contribution in [3.63, 3.8) is 0 Å². The largest absolute Gasteiger partial charge is 0.489 e. The summed E-state index contributed by atoms with van der Waals surface area (Å²) in [5, 5.41) is 1.00. The van der Waals surface area contributed by atoms with E-state index in [0.717, 1.165) is 12.8 Å². The van der Waals surface area contributed by atoms with E-state index in [0.29, 0.717) is 15.8 Å². The summed E-state index contributed by atoms with van der Waals surface area (Å²) in [6, 6.07) is 5.65. The molecule has 1 aromatic rings. The Balaban J connectivity index is 0.00000112. The highest BCUT2D eigenvalue weighted by atomic mass is 35.5. The second kappa shape index (κ2) is 5.26. The average molecular weight is 269 g/mol. The molecule has 5 heteroatoms. The summed E-state index contributed by atoms with van der Waals surface area (Å²) < 4.78 is 5.64. The van der Waals surface area contributed by atoms with Gasteiger partial charge in [-0.2, -0.15) is 0 Å². The SMILES string of the molecule is Cl.N[C@H]1C[C@H](Oc2cccc(Cl)c2Cl)C1. The highest BCUT2D eigenvalue weighted by Gasteiger charge is 2.28. The van der Waals surface area contributed by atoms with Gasteiger partial charge in [0.1, 0.15) is 16.9 Å². The molecule has 2 nitrogen and oxygen atoms in total. The van der Waals surface area contributed by atoms with Crippen molar-refractivity contribution in [2.45, 2.75) is 25.0 Å². The zero-order valence-corrected chi connectivity index (χ0v) is 10.3. The summed E-state index contributed by atoms with van der Waals surface area (Å²) in [5.41, 5.74) is 5.65. The second-order valence-corrected chi connectivity index (χ2v) is 4.31. The van der Waals surface area contributed by atoms with Gasteiger partial charge in [-0.3, -0.25) is 0 Å². The van der Waals surface area contributed by atoms with Crippen LogP contribution in [0.25, 0.3) is 0 Å². The molecule has 0 amide bonds. The molecule has 1 aliphatic rings. The van der Waals surface area contributed by atoms with Crippen LogP contribution in [0.2, 0.25) is 10.0 Å². The summed E-state index contributed by atoms with van der Waals surface area (Å²) in [4.78, 5) is 0. The van der Waals surface area contributed by atoms with Crippen molar-refractivity contribution in [1.82, 2.24) is 0 Å². The number of rotatable bonds is 2. The quantitative estimate of drug-likeness (QED) is 0.893. The lowest BCUT2D eigenvalue weighted by Gasteiger charge is -2.32. The molecule has 1 fully saturated rings. The van der Waals surface area contributed by atoms with Crippen LogP contribution in [-0.2, 0) is 0 Å². The Morgan fingerprint density at radius 1 is 1.27 bits per heavy atom. The minimum absolute atomic E-state index is 0. The summed E-state index contributed by atoms with van der Waals surface area (Å²) in [7, 11) is 0. The molecule has 0 heterocycles. The van der Waals surface area contributed by atoms with Crippen molar-refractivity contribution in [3.05, 3.63) is 28.2 Å². The monoisotopic (exact) mass is 267 g/mol. The van der Waals surface area contributed by atoms with Crippen LogP contribution in [0.1, 0.15) is 12.8 Å². The van der Waals surface area contributed by atoms with Crippen LogP contribution in [0.15, 0.2) is 18.2 Å². The minimum Gasteiger partial charge on any atom is -0.489 e. The second-order valence-electron chi connectivity index (χ2n) is 3.52. The van der Waals surface area contributed by atoms with Crippen LogP contribution >= 0.6 is 35.6 Å². The fourth-order valence-electron chi connectivity index (χ4n) is 1.46. The highest BCUT2D eigenvalue weighted by Crippen LogP contribution is 2.34. The third-order valence-electron chi connectivity index (χ3n) is 2.34. The Morgan fingerprint density at radius 2 is 1.93 bits per heavy atom. The Bertz CT molecular complexity index is 339. The van der Waals surface area contributed by atoms with Gasteiger partial charge in [-0.25, -0.2) is 0 Å². The predicted molar refractivity (Wildman–Crippen MR) is 65.3 cm³/mol. The molecule has 1 aromatic carbocycles. The van der Waals surface area contributed by atoms with Crippen molar-refractivity contribution in [2.24, 2.45) is 5.73 Å². The van der Waals surface area contributed by atoms with Gasteiger partial charge in [-0.05, 0) is 25.0 Å². The lowest BCUT2D eigenvalue weighted by atomic mass is 9.90. The first kappa shape index (κ1) is 12.9.